The molecule has 2 aromatic rings. The van der Waals surface area contributed by atoms with Crippen molar-refractivity contribution in [3.8, 4) is 11.5 Å². The molecule has 1 atom stereocenters. The summed E-state index contributed by atoms with van der Waals surface area (Å²) in [7, 11) is 1.89. The van der Waals surface area contributed by atoms with E-state index in [1.165, 1.54) is 6.07 Å². The molecule has 0 aromatic heterocycles. The van der Waals surface area contributed by atoms with Crippen molar-refractivity contribution in [2.24, 2.45) is 0 Å². The minimum Gasteiger partial charge on any atom is -0.457 e. The first kappa shape index (κ1) is 15.0. The lowest BCUT2D eigenvalue weighted by Gasteiger charge is -2.13. The number of rotatable bonds is 5. The molecule has 110 valence electrons. The van der Waals surface area contributed by atoms with Crippen LogP contribution in [0.1, 0.15) is 24.1 Å². The second-order valence-corrected chi connectivity index (χ2v) is 4.84. The van der Waals surface area contributed by atoms with E-state index in [0.29, 0.717) is 17.1 Å². The van der Waals surface area contributed by atoms with Gasteiger partial charge in [0.2, 0.25) is 0 Å². The summed E-state index contributed by atoms with van der Waals surface area (Å²) in [4.78, 5) is 10.5. The van der Waals surface area contributed by atoms with Crippen LogP contribution in [0.15, 0.2) is 42.5 Å². The van der Waals surface area contributed by atoms with E-state index < -0.39 is 4.92 Å². The highest BCUT2D eigenvalue weighted by Gasteiger charge is 2.15. The van der Waals surface area contributed by atoms with Crippen LogP contribution < -0.4 is 10.1 Å². The van der Waals surface area contributed by atoms with Crippen LogP contribution >= 0.6 is 0 Å². The number of nitrogens with zero attached hydrogens (tertiary/aromatic N) is 1. The fraction of sp³-hybridized carbons (Fsp3) is 0.250. The molecule has 1 unspecified atom stereocenters. The maximum absolute atomic E-state index is 11.0. The summed E-state index contributed by atoms with van der Waals surface area (Å²) in [6.45, 7) is 3.74. The van der Waals surface area contributed by atoms with Crippen LogP contribution in [0.5, 0.6) is 11.5 Å². The van der Waals surface area contributed by atoms with Gasteiger partial charge >= 0.3 is 0 Å². The van der Waals surface area contributed by atoms with Crippen LogP contribution in [0.4, 0.5) is 5.69 Å². The highest BCUT2D eigenvalue weighted by Crippen LogP contribution is 2.31. The van der Waals surface area contributed by atoms with Gasteiger partial charge in [-0.3, -0.25) is 10.1 Å². The molecule has 0 radical (unpaired) electrons. The Labute approximate surface area is 123 Å². The third kappa shape index (κ3) is 3.38. The second kappa shape index (κ2) is 6.37. The van der Waals surface area contributed by atoms with Gasteiger partial charge in [0, 0.05) is 12.1 Å². The zero-order valence-electron chi connectivity index (χ0n) is 12.3. The predicted molar refractivity (Wildman–Crippen MR) is 81.8 cm³/mol. The fourth-order valence-electron chi connectivity index (χ4n) is 2.05. The molecule has 0 bridgehead atoms. The Morgan fingerprint density at radius 3 is 2.62 bits per heavy atom. The molecule has 2 rings (SSSR count). The molecule has 2 aromatic carbocycles. The number of ether oxygens (including phenoxy) is 1. The fourth-order valence-corrected chi connectivity index (χ4v) is 2.05. The predicted octanol–water partition coefficient (Wildman–Crippen LogP) is 3.98. The smallest absolute Gasteiger partial charge is 0.276 e. The summed E-state index contributed by atoms with van der Waals surface area (Å²) in [5.41, 5.74) is 1.68. The highest BCUT2D eigenvalue weighted by molar-refractivity contribution is 5.50. The minimum absolute atomic E-state index is 0.0623. The Morgan fingerprint density at radius 1 is 1.24 bits per heavy atom. The lowest BCUT2D eigenvalue weighted by atomic mass is 10.1. The number of nitro groups is 1. The Bertz CT molecular complexity index is 656. The van der Waals surface area contributed by atoms with E-state index in [4.69, 9.17) is 4.74 Å². The molecule has 0 saturated heterocycles. The number of benzene rings is 2. The van der Waals surface area contributed by atoms with Crippen LogP contribution in [-0.4, -0.2) is 12.0 Å². The van der Waals surface area contributed by atoms with Crippen molar-refractivity contribution >= 4 is 5.69 Å². The lowest BCUT2D eigenvalue weighted by Crippen LogP contribution is -2.12. The molecule has 5 heteroatoms. The van der Waals surface area contributed by atoms with Crippen molar-refractivity contribution in [2.75, 3.05) is 7.05 Å². The van der Waals surface area contributed by atoms with Crippen LogP contribution in [0.25, 0.3) is 0 Å². The third-order valence-corrected chi connectivity index (χ3v) is 3.47. The van der Waals surface area contributed by atoms with E-state index in [1.54, 1.807) is 19.1 Å². The van der Waals surface area contributed by atoms with Gasteiger partial charge in [-0.15, -0.1) is 0 Å². The molecule has 0 fully saturated rings. The molecular weight excluding hydrogens is 268 g/mol. The van der Waals surface area contributed by atoms with Crippen molar-refractivity contribution in [1.82, 2.24) is 5.32 Å². The van der Waals surface area contributed by atoms with Gasteiger partial charge < -0.3 is 10.1 Å². The van der Waals surface area contributed by atoms with Crippen molar-refractivity contribution < 1.29 is 9.66 Å². The van der Waals surface area contributed by atoms with Crippen molar-refractivity contribution in [2.45, 2.75) is 19.9 Å². The maximum atomic E-state index is 11.0. The summed E-state index contributed by atoms with van der Waals surface area (Å²) >= 11 is 0. The summed E-state index contributed by atoms with van der Waals surface area (Å²) in [6, 6.07) is 12.7. The van der Waals surface area contributed by atoms with E-state index in [9.17, 15) is 10.1 Å². The van der Waals surface area contributed by atoms with Gasteiger partial charge in [-0.1, -0.05) is 18.2 Å². The normalized spacial score (nSPS) is 12.0. The zero-order chi connectivity index (χ0) is 15.4. The highest BCUT2D eigenvalue weighted by atomic mass is 16.6. The molecule has 0 aliphatic carbocycles. The van der Waals surface area contributed by atoms with Crippen molar-refractivity contribution in [3.63, 3.8) is 0 Å². The zero-order valence-corrected chi connectivity index (χ0v) is 12.3. The topological polar surface area (TPSA) is 64.4 Å². The molecule has 0 spiro atoms. The van der Waals surface area contributed by atoms with Gasteiger partial charge in [0.25, 0.3) is 5.69 Å². The average Bonchev–Trinajstić information content (AvgIpc) is 2.48. The Morgan fingerprint density at radius 2 is 1.95 bits per heavy atom. The third-order valence-electron chi connectivity index (χ3n) is 3.47. The quantitative estimate of drug-likeness (QED) is 0.667. The summed E-state index contributed by atoms with van der Waals surface area (Å²) in [5, 5.41) is 14.1. The standard InChI is InChI=1S/C16H18N2O3/c1-11-15(18(19)20)8-5-9-16(11)21-14-7-4-6-13(10-14)12(2)17-3/h4-10,12,17H,1-3H3. The molecular formula is C16H18N2O3. The van der Waals surface area contributed by atoms with E-state index in [0.717, 1.165) is 5.56 Å². The van der Waals surface area contributed by atoms with Gasteiger partial charge in [0.1, 0.15) is 11.5 Å². The molecule has 0 aliphatic rings. The molecule has 0 heterocycles. The van der Waals surface area contributed by atoms with Crippen LogP contribution in [0, 0.1) is 17.0 Å². The van der Waals surface area contributed by atoms with Crippen molar-refractivity contribution in [3.05, 3.63) is 63.7 Å². The summed E-state index contributed by atoms with van der Waals surface area (Å²) < 4.78 is 5.80. The first-order valence-electron chi connectivity index (χ1n) is 6.72. The maximum Gasteiger partial charge on any atom is 0.276 e. The molecule has 0 aliphatic heterocycles. The largest absolute Gasteiger partial charge is 0.457 e. The monoisotopic (exact) mass is 286 g/mol. The van der Waals surface area contributed by atoms with Gasteiger partial charge in [-0.05, 0) is 44.7 Å². The van der Waals surface area contributed by atoms with E-state index >= 15 is 0 Å². The van der Waals surface area contributed by atoms with Crippen LogP contribution in [0.2, 0.25) is 0 Å². The Kier molecular flexibility index (Phi) is 4.55. The van der Waals surface area contributed by atoms with Gasteiger partial charge in [-0.2, -0.15) is 0 Å². The first-order chi connectivity index (χ1) is 10.0. The molecule has 0 saturated carbocycles. The molecule has 0 amide bonds. The first-order valence-corrected chi connectivity index (χ1v) is 6.72. The number of nitrogens with one attached hydrogen (secondary N) is 1. The van der Waals surface area contributed by atoms with E-state index in [-0.39, 0.29) is 11.7 Å². The van der Waals surface area contributed by atoms with Crippen LogP contribution in [0.3, 0.4) is 0 Å². The summed E-state index contributed by atoms with van der Waals surface area (Å²) in [5.74, 6) is 1.16. The average molecular weight is 286 g/mol. The van der Waals surface area contributed by atoms with Crippen molar-refractivity contribution in [1.29, 1.82) is 0 Å². The van der Waals surface area contributed by atoms with E-state index in [2.05, 4.69) is 12.2 Å². The number of nitro benzene ring substituents is 1. The second-order valence-electron chi connectivity index (χ2n) is 4.84. The Hall–Kier alpha value is -2.40. The Balaban J connectivity index is 2.30. The number of hydrogen-bond donors (Lipinski definition) is 1. The van der Waals surface area contributed by atoms with E-state index in [1.807, 2.05) is 31.3 Å². The van der Waals surface area contributed by atoms with Gasteiger partial charge in [0.15, 0.2) is 0 Å². The van der Waals surface area contributed by atoms with Crippen LogP contribution in [-0.2, 0) is 0 Å². The van der Waals surface area contributed by atoms with Gasteiger partial charge in [0.05, 0.1) is 10.5 Å². The SMILES string of the molecule is CNC(C)c1cccc(Oc2cccc([N+](=O)[O-])c2C)c1. The van der Waals surface area contributed by atoms with Gasteiger partial charge in [-0.25, -0.2) is 0 Å². The molecule has 1 N–H and O–H groups in total. The number of hydrogen-bond acceptors (Lipinski definition) is 4. The molecule has 21 heavy (non-hydrogen) atoms. The lowest BCUT2D eigenvalue weighted by molar-refractivity contribution is -0.385. The minimum atomic E-state index is -0.401. The summed E-state index contributed by atoms with van der Waals surface area (Å²) in [6.07, 6.45) is 0. The molecule has 5 nitrogen and oxygen atoms in total.